The van der Waals surface area contributed by atoms with Gasteiger partial charge >= 0.3 is 0 Å². The lowest BCUT2D eigenvalue weighted by molar-refractivity contribution is 0.687. The van der Waals surface area contributed by atoms with Gasteiger partial charge in [-0.25, -0.2) is 0 Å². The summed E-state index contributed by atoms with van der Waals surface area (Å²) in [5.41, 5.74) is 1.60. The number of thiophene rings is 1. The van der Waals surface area contributed by atoms with E-state index in [2.05, 4.69) is 27.3 Å². The molecule has 2 aromatic rings. The van der Waals surface area contributed by atoms with Crippen LogP contribution in [0.15, 0.2) is 34.8 Å². The van der Waals surface area contributed by atoms with Crippen LogP contribution in [-0.4, -0.2) is 0 Å². The van der Waals surface area contributed by atoms with Crippen LogP contribution < -0.4 is 5.32 Å². The van der Waals surface area contributed by atoms with Crippen molar-refractivity contribution in [2.45, 2.75) is 25.8 Å². The normalized spacial score (nSPS) is 11.2. The number of nitriles is 1. The molecule has 0 amide bonds. The molecule has 0 atom stereocenters. The number of nitrogens with one attached hydrogen (secondary N) is 1. The van der Waals surface area contributed by atoms with Gasteiger partial charge in [-0.15, -0.1) is 11.3 Å². The number of rotatable bonds is 4. The van der Waals surface area contributed by atoms with Gasteiger partial charge in [0.15, 0.2) is 0 Å². The largest absolute Gasteiger partial charge is 0.380 e. The molecule has 1 aromatic carbocycles. The van der Waals surface area contributed by atoms with Crippen LogP contribution in [0.1, 0.15) is 24.3 Å². The maximum absolute atomic E-state index is 9.12. The summed E-state index contributed by atoms with van der Waals surface area (Å²) >= 11 is 11.0. The molecule has 0 saturated heterocycles. The second kappa shape index (κ2) is 6.17. The van der Waals surface area contributed by atoms with Crippen molar-refractivity contribution in [1.82, 2.24) is 0 Å². The van der Waals surface area contributed by atoms with Crippen molar-refractivity contribution < 1.29 is 0 Å². The Labute approximate surface area is 136 Å². The average molecular weight is 370 g/mol. The highest BCUT2D eigenvalue weighted by atomic mass is 79.9. The fourth-order valence-electron chi connectivity index (χ4n) is 1.74. The number of nitrogens with zero attached hydrogens (tertiary/aromatic N) is 1. The molecule has 5 heteroatoms. The summed E-state index contributed by atoms with van der Waals surface area (Å²) in [4.78, 5) is 1.17. The van der Waals surface area contributed by atoms with Gasteiger partial charge in [-0.05, 0) is 53.5 Å². The number of benzene rings is 1. The molecule has 0 aliphatic heterocycles. The van der Waals surface area contributed by atoms with Gasteiger partial charge in [0.2, 0.25) is 0 Å². The van der Waals surface area contributed by atoms with E-state index in [0.29, 0.717) is 0 Å². The summed E-state index contributed by atoms with van der Waals surface area (Å²) in [6.07, 6.45) is 0. The molecule has 0 aliphatic carbocycles. The van der Waals surface area contributed by atoms with Crippen LogP contribution in [0.25, 0.3) is 0 Å². The van der Waals surface area contributed by atoms with Crippen LogP contribution in [0.3, 0.4) is 0 Å². The van der Waals surface area contributed by atoms with Gasteiger partial charge in [0.25, 0.3) is 0 Å². The quantitative estimate of drug-likeness (QED) is 0.764. The summed E-state index contributed by atoms with van der Waals surface area (Å²) in [5.74, 6) is 0. The molecule has 0 fully saturated rings. The van der Waals surface area contributed by atoms with Gasteiger partial charge in [0.1, 0.15) is 4.34 Å². The molecule has 0 aliphatic rings. The smallest absolute Gasteiger partial charge is 0.107 e. The third-order valence-electron chi connectivity index (χ3n) is 3.05. The monoisotopic (exact) mass is 368 g/mol. The van der Waals surface area contributed by atoms with E-state index in [4.69, 9.17) is 16.9 Å². The van der Waals surface area contributed by atoms with Crippen molar-refractivity contribution >= 4 is 44.6 Å². The SMILES string of the molecule is CC(C)(C#N)c1ccc(NCc2cc(Br)c(Cl)s2)cc1. The van der Waals surface area contributed by atoms with E-state index in [0.717, 1.165) is 26.6 Å². The molecule has 2 rings (SSSR count). The molecule has 1 N–H and O–H groups in total. The van der Waals surface area contributed by atoms with Gasteiger partial charge in [-0.3, -0.25) is 0 Å². The van der Waals surface area contributed by atoms with Gasteiger partial charge in [0, 0.05) is 21.6 Å². The zero-order valence-corrected chi connectivity index (χ0v) is 14.4. The standard InChI is InChI=1S/C15H14BrClN2S/c1-15(2,9-18)10-3-5-11(6-4-10)19-8-12-7-13(16)14(17)20-12/h3-7,19H,8H2,1-2H3. The maximum Gasteiger partial charge on any atom is 0.107 e. The third kappa shape index (κ3) is 3.54. The van der Waals surface area contributed by atoms with Crippen molar-refractivity contribution in [3.63, 3.8) is 0 Å². The van der Waals surface area contributed by atoms with Crippen molar-refractivity contribution in [2.75, 3.05) is 5.32 Å². The maximum atomic E-state index is 9.12. The molecule has 104 valence electrons. The predicted octanol–water partition coefficient (Wildman–Crippen LogP) is 5.58. The topological polar surface area (TPSA) is 35.8 Å². The first-order chi connectivity index (χ1) is 9.42. The first-order valence-corrected chi connectivity index (χ1v) is 8.10. The van der Waals surface area contributed by atoms with Gasteiger partial charge in [-0.2, -0.15) is 5.26 Å². The van der Waals surface area contributed by atoms with Crippen molar-refractivity contribution in [1.29, 1.82) is 5.26 Å². The van der Waals surface area contributed by atoms with Crippen LogP contribution in [0.5, 0.6) is 0 Å². The molecule has 2 nitrogen and oxygen atoms in total. The van der Waals surface area contributed by atoms with Gasteiger partial charge in [0.05, 0.1) is 11.5 Å². The third-order valence-corrected chi connectivity index (χ3v) is 5.52. The second-order valence-electron chi connectivity index (χ2n) is 5.00. The Balaban J connectivity index is 2.03. The summed E-state index contributed by atoms with van der Waals surface area (Å²) in [6, 6.07) is 12.3. The van der Waals surface area contributed by atoms with E-state index in [9.17, 15) is 0 Å². The number of hydrogen-bond donors (Lipinski definition) is 1. The molecular formula is C15H14BrClN2S. The van der Waals surface area contributed by atoms with Gasteiger partial charge < -0.3 is 5.32 Å². The number of anilines is 1. The minimum Gasteiger partial charge on any atom is -0.380 e. The Morgan fingerprint density at radius 1 is 1.35 bits per heavy atom. The molecule has 0 radical (unpaired) electrons. The lowest BCUT2D eigenvalue weighted by Gasteiger charge is -2.16. The molecule has 0 bridgehead atoms. The Hall–Kier alpha value is -1.02. The summed E-state index contributed by atoms with van der Waals surface area (Å²) < 4.78 is 1.71. The fraction of sp³-hybridized carbons (Fsp3) is 0.267. The minimum atomic E-state index is -0.454. The molecule has 0 unspecified atom stereocenters. The molecule has 0 spiro atoms. The zero-order valence-electron chi connectivity index (χ0n) is 11.2. The first kappa shape index (κ1) is 15.4. The minimum absolute atomic E-state index is 0.454. The Kier molecular flexibility index (Phi) is 4.74. The summed E-state index contributed by atoms with van der Waals surface area (Å²) in [7, 11) is 0. The van der Waals surface area contributed by atoms with E-state index in [1.807, 2.05) is 44.2 Å². The fourth-order valence-corrected chi connectivity index (χ4v) is 3.47. The van der Waals surface area contributed by atoms with E-state index in [-0.39, 0.29) is 0 Å². The van der Waals surface area contributed by atoms with Crippen molar-refractivity contribution in [3.05, 3.63) is 49.6 Å². The summed E-state index contributed by atoms with van der Waals surface area (Å²) in [5, 5.41) is 12.5. The second-order valence-corrected chi connectivity index (χ2v) is 7.60. The zero-order chi connectivity index (χ0) is 14.8. The highest BCUT2D eigenvalue weighted by molar-refractivity contribution is 9.10. The Bertz CT molecular complexity index is 621. The lowest BCUT2D eigenvalue weighted by Crippen LogP contribution is -2.13. The molecule has 1 heterocycles. The molecule has 20 heavy (non-hydrogen) atoms. The van der Waals surface area contributed by atoms with Gasteiger partial charge in [-0.1, -0.05) is 23.7 Å². The van der Waals surface area contributed by atoms with Crippen LogP contribution in [0.2, 0.25) is 4.34 Å². The van der Waals surface area contributed by atoms with Crippen LogP contribution in [0, 0.1) is 11.3 Å². The highest BCUT2D eigenvalue weighted by Gasteiger charge is 2.19. The lowest BCUT2D eigenvalue weighted by atomic mass is 9.86. The van der Waals surface area contributed by atoms with E-state index < -0.39 is 5.41 Å². The number of hydrogen-bond acceptors (Lipinski definition) is 3. The highest BCUT2D eigenvalue weighted by Crippen LogP contribution is 2.32. The first-order valence-electron chi connectivity index (χ1n) is 6.12. The summed E-state index contributed by atoms with van der Waals surface area (Å²) in [6.45, 7) is 4.57. The molecule has 0 saturated carbocycles. The number of halogens is 2. The van der Waals surface area contributed by atoms with E-state index in [1.54, 1.807) is 11.3 Å². The molecular weight excluding hydrogens is 356 g/mol. The van der Waals surface area contributed by atoms with Crippen LogP contribution in [-0.2, 0) is 12.0 Å². The van der Waals surface area contributed by atoms with Crippen LogP contribution in [0.4, 0.5) is 5.69 Å². The Morgan fingerprint density at radius 2 is 2.00 bits per heavy atom. The predicted molar refractivity (Wildman–Crippen MR) is 89.4 cm³/mol. The van der Waals surface area contributed by atoms with Crippen molar-refractivity contribution in [2.24, 2.45) is 0 Å². The van der Waals surface area contributed by atoms with Crippen LogP contribution >= 0.6 is 38.9 Å². The molecule has 1 aromatic heterocycles. The van der Waals surface area contributed by atoms with E-state index >= 15 is 0 Å². The van der Waals surface area contributed by atoms with E-state index in [1.165, 1.54) is 4.88 Å². The van der Waals surface area contributed by atoms with Crippen molar-refractivity contribution in [3.8, 4) is 6.07 Å². The Morgan fingerprint density at radius 3 is 2.50 bits per heavy atom. The average Bonchev–Trinajstić information content (AvgIpc) is 2.76.